The number of allylic oxidation sites excluding steroid dienone is 2. The van der Waals surface area contributed by atoms with E-state index in [2.05, 4.69) is 5.32 Å². The predicted molar refractivity (Wildman–Crippen MR) is 147 cm³/mol. The van der Waals surface area contributed by atoms with Crippen LogP contribution in [0.3, 0.4) is 0 Å². The van der Waals surface area contributed by atoms with Gasteiger partial charge in [0.25, 0.3) is 5.91 Å². The lowest BCUT2D eigenvalue weighted by atomic mass is 9.86. The van der Waals surface area contributed by atoms with Crippen molar-refractivity contribution >= 4 is 17.7 Å². The maximum atomic E-state index is 12.7. The molecular formula is C28H42N2O9. The third-order valence-electron chi connectivity index (χ3n) is 6.59. The fourth-order valence-corrected chi connectivity index (χ4v) is 4.39. The van der Waals surface area contributed by atoms with Crippen LogP contribution in [0.4, 0.5) is 10.5 Å². The van der Waals surface area contributed by atoms with E-state index in [0.717, 1.165) is 13.2 Å². The fraction of sp³-hybridized carbons (Fsp3) is 0.500. The van der Waals surface area contributed by atoms with Crippen LogP contribution in [0.15, 0.2) is 47.6 Å². The fourth-order valence-electron chi connectivity index (χ4n) is 4.39. The Hall–Kier alpha value is -3.38. The highest BCUT2D eigenvalue weighted by Crippen LogP contribution is 2.40. The van der Waals surface area contributed by atoms with Gasteiger partial charge in [0.1, 0.15) is 17.6 Å². The molecule has 2 amide bonds. The maximum Gasteiger partial charge on any atom is 0.405 e. The molecule has 1 aromatic carbocycles. The molecular weight excluding hydrogens is 508 g/mol. The van der Waals surface area contributed by atoms with Crippen LogP contribution < -0.4 is 11.1 Å². The molecule has 11 heteroatoms. The highest BCUT2D eigenvalue weighted by molar-refractivity contribution is 6.04. The van der Waals surface area contributed by atoms with Gasteiger partial charge in [0.2, 0.25) is 0 Å². The van der Waals surface area contributed by atoms with Gasteiger partial charge in [-0.2, -0.15) is 0 Å². The van der Waals surface area contributed by atoms with Crippen LogP contribution in [0.25, 0.3) is 0 Å². The molecule has 0 fully saturated rings. The molecule has 7 unspecified atom stereocenters. The van der Waals surface area contributed by atoms with E-state index in [-0.39, 0.29) is 34.9 Å². The molecule has 218 valence electrons. The number of rotatable bonds is 1. The van der Waals surface area contributed by atoms with E-state index >= 15 is 0 Å². The second-order valence-corrected chi connectivity index (χ2v) is 9.82. The normalized spacial score (nSPS) is 32.3. The molecule has 0 aliphatic carbocycles. The van der Waals surface area contributed by atoms with Gasteiger partial charge in [-0.1, -0.05) is 45.1 Å². The third kappa shape index (κ3) is 9.39. The molecule has 0 spiro atoms. The molecule has 39 heavy (non-hydrogen) atoms. The lowest BCUT2D eigenvalue weighted by Gasteiger charge is -2.28. The van der Waals surface area contributed by atoms with Crippen molar-refractivity contribution in [2.75, 3.05) is 12.4 Å². The van der Waals surface area contributed by atoms with Gasteiger partial charge < -0.3 is 46.4 Å². The number of fused-ring (bicyclic) bond motifs is 2. The van der Waals surface area contributed by atoms with Gasteiger partial charge in [0.15, 0.2) is 0 Å². The molecule has 1 heterocycles. The molecule has 0 aromatic heterocycles. The number of carbonyl (C=O) groups excluding carboxylic acids is 2. The van der Waals surface area contributed by atoms with Crippen LogP contribution in [0.1, 0.15) is 52.7 Å². The van der Waals surface area contributed by atoms with E-state index in [1.54, 1.807) is 52.8 Å². The van der Waals surface area contributed by atoms with Crippen molar-refractivity contribution < 1.29 is 45.0 Å². The number of hydrogen-bond donors (Lipinski definition) is 8. The van der Waals surface area contributed by atoms with Gasteiger partial charge in [-0.3, -0.25) is 4.79 Å². The summed E-state index contributed by atoms with van der Waals surface area (Å²) in [6.45, 7) is 8.38. The monoisotopic (exact) mass is 550 g/mol. The largest absolute Gasteiger partial charge is 0.508 e. The van der Waals surface area contributed by atoms with Crippen LogP contribution in [0, 0.1) is 17.8 Å². The number of nitrogens with two attached hydrogens (primary N) is 1. The van der Waals surface area contributed by atoms with Crippen LogP contribution in [-0.4, -0.2) is 68.1 Å². The van der Waals surface area contributed by atoms with Gasteiger partial charge in [-0.05, 0) is 37.8 Å². The second kappa shape index (κ2) is 15.3. The standard InChI is InChI=1S/C27H38N2O8.CH4O/c1-13-7-6-8-14(2)26(35)29-20-12-18(30)11-19(24(20)34)22(32)16(4)10-21(31)23(33)15(3)9-17(5)25(13)37-27(28)36;1-2/h6-9,11-13,15-16,21-23,25,30-34H,10H2,1-5H3,(H2,28,36)(H,29,35);2H,1H3/b7-6+,14-8+,17-9+;. The number of aliphatic hydroxyl groups excluding tert-OH is 4. The topological polar surface area (TPSA) is 203 Å². The number of benzene rings is 1. The van der Waals surface area contributed by atoms with Crippen molar-refractivity contribution in [1.82, 2.24) is 0 Å². The van der Waals surface area contributed by atoms with Crippen LogP contribution in [-0.2, 0) is 9.53 Å². The van der Waals surface area contributed by atoms with E-state index in [4.69, 9.17) is 15.6 Å². The summed E-state index contributed by atoms with van der Waals surface area (Å²) in [6.07, 6.45) is 0.980. The lowest BCUT2D eigenvalue weighted by Crippen LogP contribution is -2.34. The van der Waals surface area contributed by atoms with Gasteiger partial charge >= 0.3 is 6.09 Å². The number of aromatic hydroxyl groups is 2. The Bertz CT molecular complexity index is 1080. The average molecular weight is 551 g/mol. The maximum absolute atomic E-state index is 12.7. The zero-order chi connectivity index (χ0) is 30.0. The van der Waals surface area contributed by atoms with Gasteiger partial charge in [0.05, 0.1) is 24.0 Å². The zero-order valence-electron chi connectivity index (χ0n) is 23.2. The lowest BCUT2D eigenvalue weighted by molar-refractivity contribution is -0.112. The Morgan fingerprint density at radius 3 is 2.26 bits per heavy atom. The first kappa shape index (κ1) is 33.6. The number of phenols is 2. The minimum absolute atomic E-state index is 0.0343. The van der Waals surface area contributed by atoms with Gasteiger partial charge in [-0.25, -0.2) is 4.79 Å². The predicted octanol–water partition coefficient (Wildman–Crippen LogP) is 2.62. The van der Waals surface area contributed by atoms with Crippen molar-refractivity contribution in [2.24, 2.45) is 23.5 Å². The van der Waals surface area contributed by atoms with Crippen molar-refractivity contribution in [3.63, 3.8) is 0 Å². The molecule has 0 saturated heterocycles. The average Bonchev–Trinajstić information content (AvgIpc) is 2.88. The molecule has 1 aromatic rings. The number of hydrogen-bond acceptors (Lipinski definition) is 9. The molecule has 0 radical (unpaired) electrons. The summed E-state index contributed by atoms with van der Waals surface area (Å²) in [7, 11) is 1.00. The van der Waals surface area contributed by atoms with Crippen LogP contribution >= 0.6 is 0 Å². The van der Waals surface area contributed by atoms with Crippen molar-refractivity contribution in [2.45, 2.75) is 65.5 Å². The molecule has 2 rings (SSSR count). The first-order valence-corrected chi connectivity index (χ1v) is 12.6. The van der Waals surface area contributed by atoms with Crippen molar-refractivity contribution in [3.05, 3.63) is 53.1 Å². The van der Waals surface area contributed by atoms with Gasteiger partial charge in [-0.15, -0.1) is 0 Å². The van der Waals surface area contributed by atoms with Crippen LogP contribution in [0.5, 0.6) is 11.5 Å². The minimum atomic E-state index is -1.33. The summed E-state index contributed by atoms with van der Waals surface area (Å²) in [5.74, 6) is -2.84. The molecule has 2 bridgehead atoms. The molecule has 1 aliphatic rings. The minimum Gasteiger partial charge on any atom is -0.508 e. The van der Waals surface area contributed by atoms with E-state index in [1.165, 1.54) is 12.1 Å². The molecule has 7 atom stereocenters. The first-order chi connectivity index (χ1) is 18.2. The zero-order valence-corrected chi connectivity index (χ0v) is 23.2. The van der Waals surface area contributed by atoms with Gasteiger partial charge in [0, 0.05) is 36.1 Å². The Morgan fingerprint density at radius 1 is 1.05 bits per heavy atom. The number of ether oxygens (including phenoxy) is 1. The Kier molecular flexibility index (Phi) is 13.2. The Balaban J connectivity index is 0.00000371. The first-order valence-electron chi connectivity index (χ1n) is 12.6. The summed E-state index contributed by atoms with van der Waals surface area (Å²) in [6, 6.07) is 2.33. The second-order valence-electron chi connectivity index (χ2n) is 9.82. The smallest absolute Gasteiger partial charge is 0.405 e. The summed E-state index contributed by atoms with van der Waals surface area (Å²) in [4.78, 5) is 24.2. The Morgan fingerprint density at radius 2 is 1.67 bits per heavy atom. The molecule has 1 aliphatic heterocycles. The summed E-state index contributed by atoms with van der Waals surface area (Å²) in [5, 5.41) is 62.7. The highest BCUT2D eigenvalue weighted by Gasteiger charge is 2.30. The Labute approximate surface area is 228 Å². The molecule has 0 saturated carbocycles. The number of amides is 2. The summed E-state index contributed by atoms with van der Waals surface area (Å²) >= 11 is 0. The number of phenolic OH excluding ortho intramolecular Hbond substituents is 2. The van der Waals surface area contributed by atoms with E-state index in [0.29, 0.717) is 5.57 Å². The van der Waals surface area contributed by atoms with Crippen molar-refractivity contribution in [1.29, 1.82) is 0 Å². The highest BCUT2D eigenvalue weighted by atomic mass is 16.6. The third-order valence-corrected chi connectivity index (χ3v) is 6.59. The summed E-state index contributed by atoms with van der Waals surface area (Å²) < 4.78 is 5.30. The number of nitrogens with one attached hydrogen (secondary N) is 1. The molecule has 9 N–H and O–H groups in total. The van der Waals surface area contributed by atoms with Crippen LogP contribution in [0.2, 0.25) is 0 Å². The number of carbonyl (C=O) groups is 2. The molecule has 11 nitrogen and oxygen atoms in total. The summed E-state index contributed by atoms with van der Waals surface area (Å²) in [5.41, 5.74) is 6.02. The van der Waals surface area contributed by atoms with Crippen molar-refractivity contribution in [3.8, 4) is 11.5 Å². The number of aliphatic hydroxyl groups is 4. The SMILES string of the molecule is C/C1=C\C=C\C(C)C(OC(N)=O)/C(C)=C/C(C)C(O)C(O)CC(C)C(O)c2cc(O)cc(c2O)NC1=O.CO. The van der Waals surface area contributed by atoms with E-state index < -0.39 is 54.0 Å². The number of anilines is 1. The number of primary amides is 1. The quantitative estimate of drug-likeness (QED) is 0.147. The van der Waals surface area contributed by atoms with E-state index in [9.17, 15) is 35.1 Å². The van der Waals surface area contributed by atoms with E-state index in [1.807, 2.05) is 0 Å².